The Bertz CT molecular complexity index is 52.0. The molecule has 0 aromatic heterocycles. The zero-order valence-electron chi connectivity index (χ0n) is 4.06. The van der Waals surface area contributed by atoms with Gasteiger partial charge in [-0.05, 0) is 6.42 Å². The van der Waals surface area contributed by atoms with Crippen molar-refractivity contribution in [3.63, 3.8) is 0 Å². The lowest BCUT2D eigenvalue weighted by atomic mass is 10.4. The molecule has 0 heterocycles. The van der Waals surface area contributed by atoms with Crippen LogP contribution in [0.15, 0.2) is 12.2 Å². The van der Waals surface area contributed by atoms with Gasteiger partial charge in [0.1, 0.15) is 6.61 Å². The SMILES string of the molecule is [O]CC=CCCBr. The van der Waals surface area contributed by atoms with Crippen LogP contribution in [0.2, 0.25) is 0 Å². The first kappa shape index (κ1) is 7.18. The summed E-state index contributed by atoms with van der Waals surface area (Å²) in [5, 5.41) is 10.7. The molecule has 0 aromatic carbocycles. The van der Waals surface area contributed by atoms with Crippen molar-refractivity contribution in [2.24, 2.45) is 0 Å². The van der Waals surface area contributed by atoms with Crippen molar-refractivity contribution in [2.75, 3.05) is 11.9 Å². The molecule has 0 rings (SSSR count). The Morgan fingerprint density at radius 2 is 2.14 bits per heavy atom. The minimum Gasteiger partial charge on any atom is -0.232 e. The van der Waals surface area contributed by atoms with Gasteiger partial charge in [0, 0.05) is 5.33 Å². The van der Waals surface area contributed by atoms with Crippen LogP contribution < -0.4 is 0 Å². The molecule has 0 saturated carbocycles. The summed E-state index contributed by atoms with van der Waals surface area (Å²) in [5.41, 5.74) is 0. The normalized spacial score (nSPS) is 10.6. The number of halogens is 1. The molecule has 1 radical (unpaired) electrons. The third-order valence-corrected chi connectivity index (χ3v) is 0.997. The molecule has 0 aromatic rings. The first-order valence-electron chi connectivity index (χ1n) is 2.21. The third kappa shape index (κ3) is 6.18. The molecule has 1 nitrogen and oxygen atoms in total. The van der Waals surface area contributed by atoms with E-state index in [1.54, 1.807) is 6.08 Å². The zero-order chi connectivity index (χ0) is 5.54. The molecule has 0 N–H and O–H groups in total. The fraction of sp³-hybridized carbons (Fsp3) is 0.600. The summed E-state index contributed by atoms with van der Waals surface area (Å²) >= 11 is 3.23. The van der Waals surface area contributed by atoms with E-state index < -0.39 is 0 Å². The number of hydrogen-bond donors (Lipinski definition) is 0. The average molecular weight is 164 g/mol. The van der Waals surface area contributed by atoms with E-state index in [4.69, 9.17) is 0 Å². The van der Waals surface area contributed by atoms with Gasteiger partial charge < -0.3 is 0 Å². The highest BCUT2D eigenvalue weighted by Gasteiger charge is 1.70. The lowest BCUT2D eigenvalue weighted by Crippen LogP contribution is -1.69. The predicted octanol–water partition coefficient (Wildman–Crippen LogP) is 1.76. The predicted molar refractivity (Wildman–Crippen MR) is 33.1 cm³/mol. The van der Waals surface area contributed by atoms with E-state index in [-0.39, 0.29) is 6.61 Å². The molecule has 0 aliphatic carbocycles. The number of alkyl halides is 1. The monoisotopic (exact) mass is 163 g/mol. The molecule has 0 unspecified atom stereocenters. The molecule has 0 amide bonds. The Hall–Kier alpha value is 0.180. The van der Waals surface area contributed by atoms with Crippen LogP contribution >= 0.6 is 15.9 Å². The molecule has 0 fully saturated rings. The number of allylic oxidation sites excluding steroid dienone is 1. The summed E-state index contributed by atoms with van der Waals surface area (Å²) in [6.07, 6.45) is 4.46. The zero-order valence-corrected chi connectivity index (χ0v) is 5.65. The van der Waals surface area contributed by atoms with E-state index in [9.17, 15) is 5.11 Å². The minimum atomic E-state index is -0.0903. The largest absolute Gasteiger partial charge is 0.232 e. The molecule has 0 atom stereocenters. The molecular weight excluding hydrogens is 156 g/mol. The lowest BCUT2D eigenvalue weighted by molar-refractivity contribution is 0.232. The topological polar surface area (TPSA) is 19.9 Å². The van der Waals surface area contributed by atoms with Gasteiger partial charge in [-0.2, -0.15) is 0 Å². The van der Waals surface area contributed by atoms with Gasteiger partial charge in [-0.1, -0.05) is 28.1 Å². The maximum absolute atomic E-state index is 9.70. The average Bonchev–Trinajstić information content (AvgIpc) is 1.69. The second-order valence-electron chi connectivity index (χ2n) is 1.12. The first-order chi connectivity index (χ1) is 3.41. The van der Waals surface area contributed by atoms with Crippen molar-refractivity contribution in [2.45, 2.75) is 6.42 Å². The van der Waals surface area contributed by atoms with E-state index in [2.05, 4.69) is 15.9 Å². The van der Waals surface area contributed by atoms with Crippen molar-refractivity contribution in [3.8, 4) is 0 Å². The number of hydrogen-bond acceptors (Lipinski definition) is 0. The van der Waals surface area contributed by atoms with E-state index in [1.165, 1.54) is 0 Å². The summed E-state index contributed by atoms with van der Waals surface area (Å²) in [4.78, 5) is 0. The summed E-state index contributed by atoms with van der Waals surface area (Å²) in [6, 6.07) is 0. The highest BCUT2D eigenvalue weighted by molar-refractivity contribution is 9.09. The van der Waals surface area contributed by atoms with Gasteiger partial charge in [0.15, 0.2) is 0 Å². The summed E-state index contributed by atoms with van der Waals surface area (Å²) < 4.78 is 0. The van der Waals surface area contributed by atoms with Crippen LogP contribution in [0.1, 0.15) is 6.42 Å². The second-order valence-corrected chi connectivity index (χ2v) is 1.91. The Balaban J connectivity index is 2.78. The van der Waals surface area contributed by atoms with Crippen molar-refractivity contribution in [3.05, 3.63) is 12.2 Å². The van der Waals surface area contributed by atoms with Crippen LogP contribution in [-0.4, -0.2) is 11.9 Å². The van der Waals surface area contributed by atoms with Gasteiger partial charge >= 0.3 is 0 Å². The van der Waals surface area contributed by atoms with E-state index >= 15 is 0 Å². The van der Waals surface area contributed by atoms with Crippen molar-refractivity contribution in [1.82, 2.24) is 0 Å². The van der Waals surface area contributed by atoms with Crippen LogP contribution in [0.25, 0.3) is 0 Å². The van der Waals surface area contributed by atoms with Crippen LogP contribution in [0, 0.1) is 0 Å². The third-order valence-electron chi connectivity index (χ3n) is 0.539. The smallest absolute Gasteiger partial charge is 0.100 e. The van der Waals surface area contributed by atoms with Gasteiger partial charge in [0.2, 0.25) is 0 Å². The van der Waals surface area contributed by atoms with Crippen LogP contribution in [0.4, 0.5) is 0 Å². The maximum atomic E-state index is 9.70. The molecule has 41 valence electrons. The first-order valence-corrected chi connectivity index (χ1v) is 3.33. The Labute approximate surface area is 52.2 Å². The summed E-state index contributed by atoms with van der Waals surface area (Å²) in [7, 11) is 0. The molecule has 0 saturated heterocycles. The Morgan fingerprint density at radius 1 is 1.43 bits per heavy atom. The van der Waals surface area contributed by atoms with E-state index in [0.717, 1.165) is 11.8 Å². The van der Waals surface area contributed by atoms with Gasteiger partial charge in [0.05, 0.1) is 0 Å². The van der Waals surface area contributed by atoms with Crippen molar-refractivity contribution >= 4 is 15.9 Å². The van der Waals surface area contributed by atoms with Crippen molar-refractivity contribution < 1.29 is 5.11 Å². The van der Waals surface area contributed by atoms with Gasteiger partial charge in [-0.15, -0.1) is 0 Å². The van der Waals surface area contributed by atoms with Gasteiger partial charge in [-0.25, -0.2) is 5.11 Å². The molecular formula is C5H8BrO. The maximum Gasteiger partial charge on any atom is 0.100 e. The Kier molecular flexibility index (Phi) is 6.34. The molecule has 2 heteroatoms. The van der Waals surface area contributed by atoms with Crippen molar-refractivity contribution in [1.29, 1.82) is 0 Å². The fourth-order valence-corrected chi connectivity index (χ4v) is 0.513. The highest BCUT2D eigenvalue weighted by atomic mass is 79.9. The summed E-state index contributed by atoms with van der Waals surface area (Å²) in [5.74, 6) is 0. The molecule has 7 heavy (non-hydrogen) atoms. The van der Waals surface area contributed by atoms with Gasteiger partial charge in [0.25, 0.3) is 0 Å². The molecule has 0 bridgehead atoms. The van der Waals surface area contributed by atoms with E-state index in [1.807, 2.05) is 6.08 Å². The van der Waals surface area contributed by atoms with E-state index in [0.29, 0.717) is 0 Å². The highest BCUT2D eigenvalue weighted by Crippen LogP contribution is 1.87. The second kappa shape index (κ2) is 6.18. The summed E-state index contributed by atoms with van der Waals surface area (Å²) in [6.45, 7) is -0.0903. The van der Waals surface area contributed by atoms with Gasteiger partial charge in [-0.3, -0.25) is 0 Å². The fourth-order valence-electron chi connectivity index (χ4n) is 0.249. The Morgan fingerprint density at radius 3 is 2.57 bits per heavy atom. The van der Waals surface area contributed by atoms with Crippen LogP contribution in [0.3, 0.4) is 0 Å². The number of rotatable bonds is 3. The van der Waals surface area contributed by atoms with Crippen LogP contribution in [-0.2, 0) is 5.11 Å². The standard InChI is InChI=1S/C5H8BrO/c6-4-2-1-3-5-7/h1,3H,2,4-5H2. The quantitative estimate of drug-likeness (QED) is 0.447. The minimum absolute atomic E-state index is 0.0903. The van der Waals surface area contributed by atoms with Crippen LogP contribution in [0.5, 0.6) is 0 Å². The molecule has 0 aliphatic rings. The lowest BCUT2D eigenvalue weighted by Gasteiger charge is -1.77. The molecule has 0 aliphatic heterocycles. The molecule has 0 spiro atoms.